The summed E-state index contributed by atoms with van der Waals surface area (Å²) in [7, 11) is 0. The molecule has 3 aromatic rings. The molecule has 0 radical (unpaired) electrons. The standard InChI is InChI=1S/C22H17FO7S/c1-12-7-17(19(22(26)27)10-16(12)21(24)25)18-8-13(11-31(28)29)5-6-20(18)30-15-4-2-3-14(23)9-15/h2-10H,11H2,1H3,(H,24,25)(H,26,27)(H,28,29)/p-1. The molecule has 3 rings (SSSR count). The first-order valence-corrected chi connectivity index (χ1v) is 10.1. The summed E-state index contributed by atoms with van der Waals surface area (Å²) in [6.45, 7) is 1.52. The number of hydrogen-bond donors (Lipinski definition) is 2. The zero-order valence-electron chi connectivity index (χ0n) is 16.1. The van der Waals surface area contributed by atoms with Crippen molar-refractivity contribution in [2.75, 3.05) is 0 Å². The first-order chi connectivity index (χ1) is 14.7. The Hall–Kier alpha value is -3.56. The first-order valence-electron chi connectivity index (χ1n) is 8.89. The molecular weight excluding hydrogens is 427 g/mol. The lowest BCUT2D eigenvalue weighted by molar-refractivity contribution is 0.0695. The molecule has 0 saturated carbocycles. The quantitative estimate of drug-likeness (QED) is 0.520. The molecule has 1 atom stereocenters. The minimum atomic E-state index is -2.39. The van der Waals surface area contributed by atoms with Crippen LogP contribution >= 0.6 is 0 Å². The fourth-order valence-electron chi connectivity index (χ4n) is 3.10. The maximum absolute atomic E-state index is 13.6. The summed E-state index contributed by atoms with van der Waals surface area (Å²) in [6, 6.07) is 12.1. The lowest BCUT2D eigenvalue weighted by atomic mass is 9.92. The summed E-state index contributed by atoms with van der Waals surface area (Å²) in [5.74, 6) is -3.20. The summed E-state index contributed by atoms with van der Waals surface area (Å²) >= 11 is -2.39. The highest BCUT2D eigenvalue weighted by atomic mass is 32.2. The van der Waals surface area contributed by atoms with Gasteiger partial charge in [-0.05, 0) is 54.4 Å². The number of ether oxygens (including phenoxy) is 1. The van der Waals surface area contributed by atoms with E-state index in [0.717, 1.165) is 12.1 Å². The molecule has 1 unspecified atom stereocenters. The largest absolute Gasteiger partial charge is 0.772 e. The Kier molecular flexibility index (Phi) is 6.47. The van der Waals surface area contributed by atoms with Crippen LogP contribution in [-0.4, -0.2) is 30.9 Å². The molecule has 0 fully saturated rings. The van der Waals surface area contributed by atoms with E-state index in [2.05, 4.69) is 0 Å². The molecule has 160 valence electrons. The third-order valence-electron chi connectivity index (χ3n) is 4.47. The van der Waals surface area contributed by atoms with E-state index in [1.165, 1.54) is 49.4 Å². The molecule has 0 aliphatic carbocycles. The van der Waals surface area contributed by atoms with E-state index in [-0.39, 0.29) is 39.5 Å². The number of carbonyl (C=O) groups is 2. The van der Waals surface area contributed by atoms with Gasteiger partial charge in [0.2, 0.25) is 0 Å². The molecule has 0 aliphatic rings. The molecule has 0 bridgehead atoms. The Labute approximate surface area is 179 Å². The van der Waals surface area contributed by atoms with Crippen LogP contribution < -0.4 is 4.74 Å². The van der Waals surface area contributed by atoms with Crippen LogP contribution in [0.5, 0.6) is 11.5 Å². The van der Waals surface area contributed by atoms with Gasteiger partial charge in [-0.1, -0.05) is 23.2 Å². The lowest BCUT2D eigenvalue weighted by Crippen LogP contribution is -2.07. The number of aromatic carboxylic acids is 2. The van der Waals surface area contributed by atoms with Crippen LogP contribution in [0, 0.1) is 12.7 Å². The van der Waals surface area contributed by atoms with Gasteiger partial charge in [-0.3, -0.25) is 4.21 Å². The number of rotatable bonds is 7. The molecule has 0 saturated heterocycles. The van der Waals surface area contributed by atoms with Crippen LogP contribution in [0.4, 0.5) is 4.39 Å². The van der Waals surface area contributed by atoms with Crippen molar-refractivity contribution in [3.05, 3.63) is 82.7 Å². The van der Waals surface area contributed by atoms with Crippen molar-refractivity contribution in [1.29, 1.82) is 0 Å². The Bertz CT molecular complexity index is 1210. The molecule has 2 N–H and O–H groups in total. The normalized spacial score (nSPS) is 11.7. The molecule has 7 nitrogen and oxygen atoms in total. The fourth-order valence-corrected chi connectivity index (χ4v) is 3.55. The maximum atomic E-state index is 13.6. The van der Waals surface area contributed by atoms with Crippen LogP contribution in [0.1, 0.15) is 31.8 Å². The van der Waals surface area contributed by atoms with Crippen molar-refractivity contribution in [3.63, 3.8) is 0 Å². The number of aryl methyl sites for hydroxylation is 1. The van der Waals surface area contributed by atoms with Gasteiger partial charge in [-0.25, -0.2) is 14.0 Å². The summed E-state index contributed by atoms with van der Waals surface area (Å²) in [4.78, 5) is 23.3. The summed E-state index contributed by atoms with van der Waals surface area (Å²) in [6.07, 6.45) is 0. The summed E-state index contributed by atoms with van der Waals surface area (Å²) in [5, 5.41) is 19.0. The zero-order chi connectivity index (χ0) is 22.7. The highest BCUT2D eigenvalue weighted by molar-refractivity contribution is 7.78. The predicted octanol–water partition coefficient (Wildman–Crippen LogP) is 4.37. The van der Waals surface area contributed by atoms with Crippen molar-refractivity contribution in [3.8, 4) is 22.6 Å². The summed E-state index contributed by atoms with van der Waals surface area (Å²) < 4.78 is 41.6. The van der Waals surface area contributed by atoms with Gasteiger partial charge in [-0.15, -0.1) is 0 Å². The molecule has 0 aliphatic heterocycles. The van der Waals surface area contributed by atoms with Gasteiger partial charge in [0.25, 0.3) is 0 Å². The predicted molar refractivity (Wildman–Crippen MR) is 110 cm³/mol. The van der Waals surface area contributed by atoms with Crippen LogP contribution in [0.2, 0.25) is 0 Å². The summed E-state index contributed by atoms with van der Waals surface area (Å²) in [5.41, 5.74) is 0.566. The third-order valence-corrected chi connectivity index (χ3v) is 5.04. The minimum Gasteiger partial charge on any atom is -0.772 e. The molecule has 31 heavy (non-hydrogen) atoms. The topological polar surface area (TPSA) is 124 Å². The maximum Gasteiger partial charge on any atom is 0.336 e. The highest BCUT2D eigenvalue weighted by Crippen LogP contribution is 2.38. The van der Waals surface area contributed by atoms with E-state index < -0.39 is 28.8 Å². The number of halogens is 1. The number of benzene rings is 3. The first kappa shape index (κ1) is 22.1. The third kappa shape index (κ3) is 5.14. The van der Waals surface area contributed by atoms with Crippen LogP contribution in [0.25, 0.3) is 11.1 Å². The SMILES string of the molecule is Cc1cc(-c2cc(CS(=O)[O-])ccc2Oc2cccc(F)c2)c(C(=O)O)cc1C(=O)O. The van der Waals surface area contributed by atoms with E-state index in [4.69, 9.17) is 4.74 Å². The molecule has 0 heterocycles. The molecular formula is C22H16FO7S-. The van der Waals surface area contributed by atoms with Gasteiger partial charge in [0.05, 0.1) is 11.1 Å². The highest BCUT2D eigenvalue weighted by Gasteiger charge is 2.21. The monoisotopic (exact) mass is 443 g/mol. The van der Waals surface area contributed by atoms with Crippen LogP contribution in [0.15, 0.2) is 54.6 Å². The molecule has 0 amide bonds. The van der Waals surface area contributed by atoms with Gasteiger partial charge in [-0.2, -0.15) is 0 Å². The number of carboxylic acids is 2. The smallest absolute Gasteiger partial charge is 0.336 e. The van der Waals surface area contributed by atoms with Crippen molar-refractivity contribution < 1.29 is 37.7 Å². The Morgan fingerprint density at radius 1 is 1.00 bits per heavy atom. The van der Waals surface area contributed by atoms with E-state index >= 15 is 0 Å². The fraction of sp³-hybridized carbons (Fsp3) is 0.0909. The molecule has 9 heteroatoms. The van der Waals surface area contributed by atoms with E-state index in [9.17, 15) is 33.0 Å². The van der Waals surface area contributed by atoms with Crippen LogP contribution in [-0.2, 0) is 16.8 Å². The van der Waals surface area contributed by atoms with E-state index in [0.29, 0.717) is 11.1 Å². The van der Waals surface area contributed by atoms with Gasteiger partial charge in [0.1, 0.15) is 17.3 Å². The van der Waals surface area contributed by atoms with E-state index in [1.54, 1.807) is 0 Å². The lowest BCUT2D eigenvalue weighted by Gasteiger charge is -2.17. The Morgan fingerprint density at radius 3 is 2.32 bits per heavy atom. The van der Waals surface area contributed by atoms with Gasteiger partial charge >= 0.3 is 11.9 Å². The van der Waals surface area contributed by atoms with Crippen molar-refractivity contribution in [2.24, 2.45) is 0 Å². The van der Waals surface area contributed by atoms with E-state index in [1.807, 2.05) is 0 Å². The minimum absolute atomic E-state index is 0.139. The van der Waals surface area contributed by atoms with Crippen molar-refractivity contribution >= 4 is 23.0 Å². The Morgan fingerprint density at radius 2 is 1.71 bits per heavy atom. The second-order valence-corrected chi connectivity index (χ2v) is 7.56. The number of carboxylic acid groups (broad SMARTS) is 2. The molecule has 3 aromatic carbocycles. The second kappa shape index (κ2) is 9.07. The second-order valence-electron chi connectivity index (χ2n) is 6.66. The average molecular weight is 443 g/mol. The number of hydrogen-bond acceptors (Lipinski definition) is 5. The zero-order valence-corrected chi connectivity index (χ0v) is 16.9. The van der Waals surface area contributed by atoms with Crippen LogP contribution in [0.3, 0.4) is 0 Å². The Balaban J connectivity index is 2.24. The van der Waals surface area contributed by atoms with Crippen molar-refractivity contribution in [1.82, 2.24) is 0 Å². The molecule has 0 spiro atoms. The molecule has 0 aromatic heterocycles. The van der Waals surface area contributed by atoms with Gasteiger partial charge < -0.3 is 19.5 Å². The van der Waals surface area contributed by atoms with Gasteiger partial charge in [0, 0.05) is 22.9 Å². The average Bonchev–Trinajstić information content (AvgIpc) is 2.68. The van der Waals surface area contributed by atoms with Crippen molar-refractivity contribution in [2.45, 2.75) is 12.7 Å². The van der Waals surface area contributed by atoms with Gasteiger partial charge in [0.15, 0.2) is 0 Å².